The molecule has 1 heterocycles. The number of hydrogen-bond donors (Lipinski definition) is 2. The van der Waals surface area contributed by atoms with E-state index in [2.05, 4.69) is 17.2 Å². The summed E-state index contributed by atoms with van der Waals surface area (Å²) in [5.74, 6) is 0.172. The van der Waals surface area contributed by atoms with Crippen LogP contribution < -0.4 is 11.1 Å². The number of nitrogens with two attached hydrogens (primary N) is 1. The summed E-state index contributed by atoms with van der Waals surface area (Å²) in [5.41, 5.74) is 9.15. The lowest BCUT2D eigenvalue weighted by Gasteiger charge is -2.13. The van der Waals surface area contributed by atoms with Gasteiger partial charge in [-0.25, -0.2) is 4.98 Å². The number of carbonyl (C=O) groups is 1. The van der Waals surface area contributed by atoms with Crippen molar-refractivity contribution < 1.29 is 4.79 Å². The summed E-state index contributed by atoms with van der Waals surface area (Å²) in [6, 6.07) is 9.21. The summed E-state index contributed by atoms with van der Waals surface area (Å²) in [6.45, 7) is 4.05. The third kappa shape index (κ3) is 2.91. The number of rotatable bonds is 3. The van der Waals surface area contributed by atoms with Crippen LogP contribution in [0.5, 0.6) is 0 Å². The number of hydrogen-bond acceptors (Lipinski definition) is 3. The highest BCUT2D eigenvalue weighted by Crippen LogP contribution is 2.21. The molecule has 0 atom stereocenters. The maximum Gasteiger partial charge on any atom is 0.255 e. The first-order chi connectivity index (χ1) is 9.11. The molecule has 98 valence electrons. The van der Waals surface area contributed by atoms with Crippen LogP contribution in [-0.2, 0) is 6.42 Å². The van der Waals surface area contributed by atoms with Gasteiger partial charge in [-0.05, 0) is 36.6 Å². The summed E-state index contributed by atoms with van der Waals surface area (Å²) in [5, 5.41) is 2.95. The molecule has 0 aliphatic carbocycles. The third-order valence-electron chi connectivity index (χ3n) is 3.02. The van der Waals surface area contributed by atoms with Gasteiger partial charge < -0.3 is 11.1 Å². The Morgan fingerprint density at radius 2 is 2.16 bits per heavy atom. The molecule has 19 heavy (non-hydrogen) atoms. The molecule has 1 amide bonds. The number of para-hydroxylation sites is 1. The molecule has 0 aliphatic heterocycles. The molecule has 4 nitrogen and oxygen atoms in total. The Morgan fingerprint density at radius 3 is 2.84 bits per heavy atom. The van der Waals surface area contributed by atoms with E-state index in [0.717, 1.165) is 23.2 Å². The second-order valence-corrected chi connectivity index (χ2v) is 4.39. The Bertz CT molecular complexity index is 608. The molecule has 1 aromatic carbocycles. The number of amides is 1. The molecule has 4 heteroatoms. The third-order valence-corrected chi connectivity index (χ3v) is 3.02. The lowest BCUT2D eigenvalue weighted by molar-refractivity contribution is 0.102. The van der Waals surface area contributed by atoms with Crippen LogP contribution in [0.3, 0.4) is 0 Å². The molecule has 0 fully saturated rings. The minimum atomic E-state index is -0.168. The fraction of sp³-hybridized carbons (Fsp3) is 0.200. The molecule has 0 aliphatic rings. The van der Waals surface area contributed by atoms with Gasteiger partial charge in [0.15, 0.2) is 0 Å². The van der Waals surface area contributed by atoms with Crippen molar-refractivity contribution in [1.82, 2.24) is 4.98 Å². The second-order valence-electron chi connectivity index (χ2n) is 4.39. The topological polar surface area (TPSA) is 68.0 Å². The summed E-state index contributed by atoms with van der Waals surface area (Å²) < 4.78 is 0. The number of carbonyl (C=O) groups excluding carboxylic acids is 1. The Morgan fingerprint density at radius 1 is 1.37 bits per heavy atom. The fourth-order valence-electron chi connectivity index (χ4n) is 1.98. The standard InChI is InChI=1S/C15H17N3O/c1-3-11-6-4-5-10(2)14(11)18-15(19)12-7-8-17-13(16)9-12/h4-9H,3H2,1-2H3,(H2,16,17)(H,18,19). The van der Waals surface area contributed by atoms with Crippen LogP contribution in [0.2, 0.25) is 0 Å². The molecule has 0 bridgehead atoms. The van der Waals surface area contributed by atoms with E-state index >= 15 is 0 Å². The van der Waals surface area contributed by atoms with Crippen molar-refractivity contribution in [2.75, 3.05) is 11.1 Å². The van der Waals surface area contributed by atoms with E-state index in [1.807, 2.05) is 25.1 Å². The first-order valence-corrected chi connectivity index (χ1v) is 6.23. The number of anilines is 2. The first kappa shape index (κ1) is 13.1. The molecular weight excluding hydrogens is 238 g/mol. The van der Waals surface area contributed by atoms with Gasteiger partial charge in [-0.2, -0.15) is 0 Å². The Balaban J connectivity index is 2.29. The van der Waals surface area contributed by atoms with E-state index in [4.69, 9.17) is 5.73 Å². The highest BCUT2D eigenvalue weighted by molar-refractivity contribution is 6.05. The summed E-state index contributed by atoms with van der Waals surface area (Å²) >= 11 is 0. The van der Waals surface area contributed by atoms with E-state index in [-0.39, 0.29) is 5.91 Å². The zero-order chi connectivity index (χ0) is 13.8. The molecule has 0 saturated carbocycles. The van der Waals surface area contributed by atoms with Gasteiger partial charge in [-0.3, -0.25) is 4.79 Å². The van der Waals surface area contributed by atoms with Crippen LogP contribution in [0, 0.1) is 6.92 Å². The van der Waals surface area contributed by atoms with Crippen molar-refractivity contribution in [2.45, 2.75) is 20.3 Å². The van der Waals surface area contributed by atoms with Crippen LogP contribution in [0.25, 0.3) is 0 Å². The number of aromatic nitrogens is 1. The smallest absolute Gasteiger partial charge is 0.255 e. The molecule has 2 rings (SSSR count). The number of nitrogens with zero attached hydrogens (tertiary/aromatic N) is 1. The minimum absolute atomic E-state index is 0.168. The van der Waals surface area contributed by atoms with Gasteiger partial charge >= 0.3 is 0 Å². The monoisotopic (exact) mass is 255 g/mol. The highest BCUT2D eigenvalue weighted by atomic mass is 16.1. The van der Waals surface area contributed by atoms with E-state index < -0.39 is 0 Å². The Hall–Kier alpha value is -2.36. The molecule has 1 aromatic heterocycles. The number of nitrogens with one attached hydrogen (secondary N) is 1. The number of pyridine rings is 1. The lowest BCUT2D eigenvalue weighted by Crippen LogP contribution is -2.14. The van der Waals surface area contributed by atoms with Crippen molar-refractivity contribution in [3.05, 3.63) is 53.2 Å². The first-order valence-electron chi connectivity index (χ1n) is 6.23. The molecule has 0 unspecified atom stereocenters. The zero-order valence-corrected chi connectivity index (χ0v) is 11.1. The predicted molar refractivity (Wildman–Crippen MR) is 77.2 cm³/mol. The maximum atomic E-state index is 12.2. The van der Waals surface area contributed by atoms with Crippen molar-refractivity contribution in [2.24, 2.45) is 0 Å². The summed E-state index contributed by atoms with van der Waals surface area (Å²) in [7, 11) is 0. The average molecular weight is 255 g/mol. The second kappa shape index (κ2) is 5.52. The average Bonchev–Trinajstić information content (AvgIpc) is 2.41. The Labute approximate surface area is 112 Å². The molecular formula is C15H17N3O. The quantitative estimate of drug-likeness (QED) is 0.886. The van der Waals surface area contributed by atoms with Gasteiger partial charge in [0.05, 0.1) is 0 Å². The zero-order valence-electron chi connectivity index (χ0n) is 11.1. The van der Waals surface area contributed by atoms with Crippen molar-refractivity contribution >= 4 is 17.4 Å². The SMILES string of the molecule is CCc1cccc(C)c1NC(=O)c1ccnc(N)c1. The number of nitrogen functional groups attached to an aromatic ring is 1. The van der Waals surface area contributed by atoms with Crippen LogP contribution in [0.15, 0.2) is 36.5 Å². The van der Waals surface area contributed by atoms with Crippen molar-refractivity contribution in [1.29, 1.82) is 0 Å². The molecule has 3 N–H and O–H groups in total. The van der Waals surface area contributed by atoms with Gasteiger partial charge in [-0.1, -0.05) is 25.1 Å². The van der Waals surface area contributed by atoms with Gasteiger partial charge in [0.25, 0.3) is 5.91 Å². The van der Waals surface area contributed by atoms with Gasteiger partial charge in [-0.15, -0.1) is 0 Å². The van der Waals surface area contributed by atoms with Crippen molar-refractivity contribution in [3.63, 3.8) is 0 Å². The maximum absolute atomic E-state index is 12.2. The van der Waals surface area contributed by atoms with Crippen molar-refractivity contribution in [3.8, 4) is 0 Å². The number of benzene rings is 1. The van der Waals surface area contributed by atoms with Crippen LogP contribution in [-0.4, -0.2) is 10.9 Å². The summed E-state index contributed by atoms with van der Waals surface area (Å²) in [6.07, 6.45) is 2.40. The minimum Gasteiger partial charge on any atom is -0.384 e. The Kier molecular flexibility index (Phi) is 3.80. The lowest BCUT2D eigenvalue weighted by atomic mass is 10.1. The van der Waals surface area contributed by atoms with Gasteiger partial charge in [0, 0.05) is 17.4 Å². The van der Waals surface area contributed by atoms with Crippen LogP contribution >= 0.6 is 0 Å². The van der Waals surface area contributed by atoms with Crippen LogP contribution in [0.1, 0.15) is 28.4 Å². The molecule has 0 spiro atoms. The largest absolute Gasteiger partial charge is 0.384 e. The van der Waals surface area contributed by atoms with Gasteiger partial charge in [0.1, 0.15) is 5.82 Å². The predicted octanol–water partition coefficient (Wildman–Crippen LogP) is 2.79. The highest BCUT2D eigenvalue weighted by Gasteiger charge is 2.10. The van der Waals surface area contributed by atoms with E-state index in [0.29, 0.717) is 11.4 Å². The molecule has 0 saturated heterocycles. The van der Waals surface area contributed by atoms with E-state index in [1.54, 1.807) is 12.1 Å². The van der Waals surface area contributed by atoms with Gasteiger partial charge in [0.2, 0.25) is 0 Å². The molecule has 0 radical (unpaired) electrons. The van der Waals surface area contributed by atoms with E-state index in [9.17, 15) is 4.79 Å². The summed E-state index contributed by atoms with van der Waals surface area (Å²) in [4.78, 5) is 16.1. The molecule has 2 aromatic rings. The number of aryl methyl sites for hydroxylation is 2. The normalized spacial score (nSPS) is 10.2. The van der Waals surface area contributed by atoms with E-state index in [1.165, 1.54) is 6.20 Å². The fourth-order valence-corrected chi connectivity index (χ4v) is 1.98. The van der Waals surface area contributed by atoms with Crippen LogP contribution in [0.4, 0.5) is 11.5 Å².